The second kappa shape index (κ2) is 7.01. The number of sulfonamides is 1. The first-order valence-electron chi connectivity index (χ1n) is 8.23. The van der Waals surface area contributed by atoms with E-state index in [4.69, 9.17) is 0 Å². The van der Waals surface area contributed by atoms with Crippen molar-refractivity contribution in [1.82, 2.24) is 0 Å². The number of halogens is 3. The van der Waals surface area contributed by atoms with Gasteiger partial charge >= 0.3 is 6.36 Å². The number of nitrogens with one attached hydrogen (secondary N) is 1. The standard InChI is InChI=1S/C18H17F3N2O4S/c1-11-9-13-10-12(3-8-16(13)23(11)28(2,25)26)17(24)22-14-4-6-15(7-5-14)27-18(19,20)21/h3-8,10-11H,9H2,1-2H3,(H,22,24). The van der Waals surface area contributed by atoms with Crippen LogP contribution in [0.1, 0.15) is 22.8 Å². The Morgan fingerprint density at radius 2 is 1.82 bits per heavy atom. The van der Waals surface area contributed by atoms with E-state index in [1.807, 2.05) is 0 Å². The number of alkyl halides is 3. The molecule has 2 aromatic rings. The Balaban J connectivity index is 1.75. The minimum Gasteiger partial charge on any atom is -0.406 e. The van der Waals surface area contributed by atoms with Gasteiger partial charge in [0, 0.05) is 17.3 Å². The summed E-state index contributed by atoms with van der Waals surface area (Å²) in [6.45, 7) is 1.78. The molecule has 1 N–H and O–H groups in total. The van der Waals surface area contributed by atoms with E-state index in [-0.39, 0.29) is 6.04 Å². The number of anilines is 2. The Morgan fingerprint density at radius 3 is 2.39 bits per heavy atom. The zero-order valence-electron chi connectivity index (χ0n) is 14.9. The van der Waals surface area contributed by atoms with Crippen LogP contribution in [-0.4, -0.2) is 33.0 Å². The minimum atomic E-state index is -4.79. The van der Waals surface area contributed by atoms with Crippen LogP contribution < -0.4 is 14.4 Å². The van der Waals surface area contributed by atoms with Crippen LogP contribution in [0.2, 0.25) is 0 Å². The Kier molecular flexibility index (Phi) is 5.00. The molecular weight excluding hydrogens is 397 g/mol. The maximum absolute atomic E-state index is 12.4. The molecule has 0 radical (unpaired) electrons. The maximum atomic E-state index is 12.4. The van der Waals surface area contributed by atoms with Gasteiger partial charge in [0.1, 0.15) is 5.75 Å². The molecule has 0 bridgehead atoms. The minimum absolute atomic E-state index is 0.246. The van der Waals surface area contributed by atoms with E-state index in [1.165, 1.54) is 22.5 Å². The third-order valence-corrected chi connectivity index (χ3v) is 5.47. The van der Waals surface area contributed by atoms with E-state index < -0.39 is 28.0 Å². The molecule has 1 amide bonds. The van der Waals surface area contributed by atoms with Crippen molar-refractivity contribution >= 4 is 27.3 Å². The van der Waals surface area contributed by atoms with Crippen LogP contribution >= 0.6 is 0 Å². The molecule has 150 valence electrons. The van der Waals surface area contributed by atoms with Crippen molar-refractivity contribution in [3.8, 4) is 5.75 Å². The second-order valence-electron chi connectivity index (χ2n) is 6.48. The van der Waals surface area contributed by atoms with Crippen molar-refractivity contribution in [3.63, 3.8) is 0 Å². The number of carbonyl (C=O) groups excluding carboxylic acids is 1. The van der Waals surface area contributed by atoms with Gasteiger partial charge in [-0.3, -0.25) is 9.10 Å². The van der Waals surface area contributed by atoms with Crippen molar-refractivity contribution in [1.29, 1.82) is 0 Å². The van der Waals surface area contributed by atoms with Gasteiger partial charge < -0.3 is 10.1 Å². The number of hydrogen-bond donors (Lipinski definition) is 1. The molecule has 0 saturated heterocycles. The molecule has 3 rings (SSSR count). The molecule has 0 aromatic heterocycles. The molecule has 1 atom stereocenters. The van der Waals surface area contributed by atoms with E-state index >= 15 is 0 Å². The van der Waals surface area contributed by atoms with E-state index in [2.05, 4.69) is 10.1 Å². The summed E-state index contributed by atoms with van der Waals surface area (Å²) in [4.78, 5) is 12.4. The first-order chi connectivity index (χ1) is 12.9. The smallest absolute Gasteiger partial charge is 0.406 e. The molecule has 10 heteroatoms. The Hall–Kier alpha value is -2.75. The van der Waals surface area contributed by atoms with Gasteiger partial charge in [-0.05, 0) is 61.4 Å². The van der Waals surface area contributed by atoms with E-state index in [0.717, 1.165) is 24.0 Å². The van der Waals surface area contributed by atoms with Crippen LogP contribution in [-0.2, 0) is 16.4 Å². The summed E-state index contributed by atoms with van der Waals surface area (Å²) in [5.41, 5.74) is 1.89. The molecule has 0 spiro atoms. The number of fused-ring (bicyclic) bond motifs is 1. The molecule has 0 aliphatic carbocycles. The predicted octanol–water partition coefficient (Wildman–Crippen LogP) is 3.55. The molecule has 2 aromatic carbocycles. The van der Waals surface area contributed by atoms with Gasteiger partial charge in [-0.25, -0.2) is 8.42 Å². The third kappa shape index (κ3) is 4.38. The van der Waals surface area contributed by atoms with Crippen molar-refractivity contribution in [3.05, 3.63) is 53.6 Å². The summed E-state index contributed by atoms with van der Waals surface area (Å²) in [5.74, 6) is -0.851. The zero-order valence-corrected chi connectivity index (χ0v) is 15.8. The van der Waals surface area contributed by atoms with Crippen LogP contribution in [0.3, 0.4) is 0 Å². The van der Waals surface area contributed by atoms with Gasteiger partial charge in [0.15, 0.2) is 0 Å². The van der Waals surface area contributed by atoms with Crippen molar-refractivity contribution in [2.75, 3.05) is 15.9 Å². The predicted molar refractivity (Wildman–Crippen MR) is 98.0 cm³/mol. The lowest BCUT2D eigenvalue weighted by Gasteiger charge is -2.21. The first kappa shape index (κ1) is 20.0. The molecule has 1 aliphatic heterocycles. The number of benzene rings is 2. The molecule has 1 heterocycles. The summed E-state index contributed by atoms with van der Waals surface area (Å²) in [6.07, 6.45) is -3.18. The lowest BCUT2D eigenvalue weighted by atomic mass is 10.1. The Labute approximate surface area is 160 Å². The molecule has 1 unspecified atom stereocenters. The number of rotatable bonds is 4. The summed E-state index contributed by atoms with van der Waals surface area (Å²) < 4.78 is 65.5. The van der Waals surface area contributed by atoms with Crippen LogP contribution in [0, 0.1) is 0 Å². The number of ether oxygens (including phenoxy) is 1. The molecule has 1 aliphatic rings. The third-order valence-electron chi connectivity index (χ3n) is 4.20. The molecule has 0 fully saturated rings. The average Bonchev–Trinajstić information content (AvgIpc) is 2.90. The molecular formula is C18H17F3N2O4S. The van der Waals surface area contributed by atoms with E-state index in [9.17, 15) is 26.4 Å². The molecule has 28 heavy (non-hydrogen) atoms. The number of hydrogen-bond acceptors (Lipinski definition) is 4. The topological polar surface area (TPSA) is 75.7 Å². The van der Waals surface area contributed by atoms with Crippen LogP contribution in [0.25, 0.3) is 0 Å². The fraction of sp³-hybridized carbons (Fsp3) is 0.278. The zero-order chi connectivity index (χ0) is 20.7. The average molecular weight is 414 g/mol. The molecule has 0 saturated carbocycles. The van der Waals surface area contributed by atoms with Crippen molar-refractivity contribution < 1.29 is 31.1 Å². The SMILES string of the molecule is CC1Cc2cc(C(=O)Nc3ccc(OC(F)(F)F)cc3)ccc2N1S(C)(=O)=O. The molecule has 6 nitrogen and oxygen atoms in total. The lowest BCUT2D eigenvalue weighted by molar-refractivity contribution is -0.274. The normalized spacial score (nSPS) is 16.6. The Bertz CT molecular complexity index is 1000. The Morgan fingerprint density at radius 1 is 1.18 bits per heavy atom. The number of nitrogens with zero attached hydrogens (tertiary/aromatic N) is 1. The van der Waals surface area contributed by atoms with Crippen LogP contribution in [0.4, 0.5) is 24.5 Å². The number of amides is 1. The highest BCUT2D eigenvalue weighted by molar-refractivity contribution is 7.92. The van der Waals surface area contributed by atoms with Crippen LogP contribution in [0.15, 0.2) is 42.5 Å². The summed E-state index contributed by atoms with van der Waals surface area (Å²) >= 11 is 0. The van der Waals surface area contributed by atoms with Gasteiger partial charge in [0.2, 0.25) is 10.0 Å². The fourth-order valence-electron chi connectivity index (χ4n) is 3.19. The van der Waals surface area contributed by atoms with Gasteiger partial charge in [-0.15, -0.1) is 13.2 Å². The summed E-state index contributed by atoms with van der Waals surface area (Å²) in [7, 11) is -3.42. The first-order valence-corrected chi connectivity index (χ1v) is 10.1. The maximum Gasteiger partial charge on any atom is 0.573 e. The van der Waals surface area contributed by atoms with Crippen molar-refractivity contribution in [2.45, 2.75) is 25.7 Å². The summed E-state index contributed by atoms with van der Waals surface area (Å²) in [6, 6.07) is 9.23. The highest BCUT2D eigenvalue weighted by atomic mass is 32.2. The monoisotopic (exact) mass is 414 g/mol. The quantitative estimate of drug-likeness (QED) is 0.830. The van der Waals surface area contributed by atoms with E-state index in [1.54, 1.807) is 19.1 Å². The van der Waals surface area contributed by atoms with Crippen molar-refractivity contribution in [2.24, 2.45) is 0 Å². The van der Waals surface area contributed by atoms with Crippen LogP contribution in [0.5, 0.6) is 5.75 Å². The highest BCUT2D eigenvalue weighted by Crippen LogP contribution is 2.35. The van der Waals surface area contributed by atoms with Gasteiger partial charge in [-0.2, -0.15) is 0 Å². The van der Waals surface area contributed by atoms with E-state index in [0.29, 0.717) is 23.4 Å². The fourth-order valence-corrected chi connectivity index (χ4v) is 4.46. The largest absolute Gasteiger partial charge is 0.573 e. The summed E-state index contributed by atoms with van der Waals surface area (Å²) in [5, 5.41) is 2.58. The lowest BCUT2D eigenvalue weighted by Crippen LogP contribution is -2.34. The van der Waals surface area contributed by atoms with Gasteiger partial charge in [0.05, 0.1) is 11.9 Å². The second-order valence-corrected chi connectivity index (χ2v) is 8.34. The van der Waals surface area contributed by atoms with Gasteiger partial charge in [-0.1, -0.05) is 0 Å². The highest BCUT2D eigenvalue weighted by Gasteiger charge is 2.33. The van der Waals surface area contributed by atoms with Gasteiger partial charge in [0.25, 0.3) is 5.91 Å². The number of carbonyl (C=O) groups is 1.